The maximum Gasteiger partial charge on any atom is 0.251 e. The predicted molar refractivity (Wildman–Crippen MR) is 90.4 cm³/mol. The van der Waals surface area contributed by atoms with Gasteiger partial charge in [-0.25, -0.2) is 4.39 Å². The summed E-state index contributed by atoms with van der Waals surface area (Å²) >= 11 is 0. The van der Waals surface area contributed by atoms with Crippen molar-refractivity contribution < 1.29 is 9.18 Å². The van der Waals surface area contributed by atoms with Crippen LogP contribution in [0.1, 0.15) is 30.4 Å². The van der Waals surface area contributed by atoms with Crippen molar-refractivity contribution in [2.24, 2.45) is 11.7 Å². The number of carbonyl (C=O) groups is 1. The Labute approximate surface area is 133 Å². The van der Waals surface area contributed by atoms with Crippen molar-refractivity contribution in [3.05, 3.63) is 29.1 Å². The number of amides is 1. The molecular formula is C16H22FN3OS. The van der Waals surface area contributed by atoms with E-state index < -0.39 is 10.9 Å². The van der Waals surface area contributed by atoms with E-state index in [1.165, 1.54) is 0 Å². The summed E-state index contributed by atoms with van der Waals surface area (Å²) < 4.78 is 19.0. The van der Waals surface area contributed by atoms with Gasteiger partial charge in [0.05, 0.1) is 5.69 Å². The molecule has 1 saturated heterocycles. The molecule has 2 fully saturated rings. The van der Waals surface area contributed by atoms with Gasteiger partial charge in [0.2, 0.25) is 0 Å². The molecule has 1 amide bonds. The topological polar surface area (TPSA) is 58.4 Å². The Balaban J connectivity index is 1.85. The molecule has 3 unspecified atom stereocenters. The normalized spacial score (nSPS) is 28.2. The summed E-state index contributed by atoms with van der Waals surface area (Å²) in [6.07, 6.45) is 4.18. The molecule has 2 aliphatic rings. The van der Waals surface area contributed by atoms with E-state index in [4.69, 9.17) is 5.73 Å². The lowest BCUT2D eigenvalue weighted by molar-refractivity contribution is -0.117. The van der Waals surface area contributed by atoms with Crippen molar-refractivity contribution in [1.29, 1.82) is 0 Å². The Morgan fingerprint density at radius 3 is 2.82 bits per heavy atom. The van der Waals surface area contributed by atoms with Gasteiger partial charge in [-0.1, -0.05) is 12.5 Å². The molecule has 22 heavy (non-hydrogen) atoms. The van der Waals surface area contributed by atoms with Gasteiger partial charge in [-0.05, 0) is 66.0 Å². The molecule has 3 atom stereocenters. The molecule has 1 aliphatic heterocycles. The minimum absolute atomic E-state index is 0.113. The zero-order valence-electron chi connectivity index (χ0n) is 12.8. The van der Waals surface area contributed by atoms with Gasteiger partial charge in [-0.15, -0.1) is 0 Å². The molecule has 6 heteroatoms. The van der Waals surface area contributed by atoms with Gasteiger partial charge in [0.1, 0.15) is 12.4 Å². The first-order valence-corrected chi connectivity index (χ1v) is 8.96. The summed E-state index contributed by atoms with van der Waals surface area (Å²) in [5.74, 6) is 3.94. The maximum absolute atomic E-state index is 14.6. The number of anilines is 1. The lowest BCUT2D eigenvalue weighted by atomic mass is 9.94. The number of nitrogens with one attached hydrogen (secondary N) is 1. The predicted octanol–water partition coefficient (Wildman–Crippen LogP) is 2.27. The molecule has 3 N–H and O–H groups in total. The highest BCUT2D eigenvalue weighted by Gasteiger charge is 2.28. The minimum atomic E-state index is -0.705. The number of nitrogens with two attached hydrogens (primary N) is 1. The molecule has 1 saturated carbocycles. The van der Waals surface area contributed by atoms with Crippen molar-refractivity contribution in [1.82, 2.24) is 4.72 Å². The summed E-state index contributed by atoms with van der Waals surface area (Å²) in [5, 5.41) is 0. The van der Waals surface area contributed by atoms with Crippen LogP contribution in [0.25, 0.3) is 0 Å². The van der Waals surface area contributed by atoms with Crippen LogP contribution >= 0.6 is 10.9 Å². The molecule has 0 spiro atoms. The zero-order chi connectivity index (χ0) is 15.9. The summed E-state index contributed by atoms with van der Waals surface area (Å²) in [6, 6.07) is 3.84. The van der Waals surface area contributed by atoms with E-state index in [0.717, 1.165) is 36.8 Å². The van der Waals surface area contributed by atoms with Crippen molar-refractivity contribution in [3.8, 4) is 0 Å². The Bertz CT molecular complexity index is 611. The third-order valence-electron chi connectivity index (χ3n) is 4.56. The Morgan fingerprint density at radius 2 is 2.27 bits per heavy atom. The molecule has 0 aromatic heterocycles. The van der Waals surface area contributed by atoms with E-state index in [2.05, 4.69) is 10.6 Å². The maximum atomic E-state index is 14.6. The SMILES string of the molecule is C=S1NC(=O)CN1c1c(C)cc(CC2CCCC2N)cc1F. The number of halogens is 1. The van der Waals surface area contributed by atoms with Gasteiger partial charge in [0.25, 0.3) is 5.91 Å². The Hall–Kier alpha value is -1.40. The summed E-state index contributed by atoms with van der Waals surface area (Å²) in [6.45, 7) is 2.05. The first-order chi connectivity index (χ1) is 10.5. The lowest BCUT2D eigenvalue weighted by Crippen LogP contribution is -2.26. The first-order valence-electron chi connectivity index (χ1n) is 7.61. The van der Waals surface area contributed by atoms with E-state index >= 15 is 0 Å². The van der Waals surface area contributed by atoms with Crippen LogP contribution in [0.5, 0.6) is 0 Å². The molecule has 0 bridgehead atoms. The van der Waals surface area contributed by atoms with Crippen LogP contribution in [0.15, 0.2) is 12.1 Å². The van der Waals surface area contributed by atoms with Gasteiger partial charge in [-0.2, -0.15) is 0 Å². The average Bonchev–Trinajstić information content (AvgIpc) is 2.96. The molecule has 1 aromatic carbocycles. The van der Waals surface area contributed by atoms with E-state index in [0.29, 0.717) is 11.6 Å². The Kier molecular flexibility index (Phi) is 4.23. The number of hydrogen-bond acceptors (Lipinski definition) is 3. The van der Waals surface area contributed by atoms with Crippen LogP contribution in [-0.2, 0) is 11.2 Å². The van der Waals surface area contributed by atoms with E-state index in [1.54, 1.807) is 10.4 Å². The Morgan fingerprint density at radius 1 is 1.50 bits per heavy atom. The third kappa shape index (κ3) is 2.90. The molecule has 120 valence electrons. The molecule has 3 rings (SSSR count). The number of rotatable bonds is 3. The highest BCUT2D eigenvalue weighted by atomic mass is 32.2. The molecule has 0 radical (unpaired) electrons. The second-order valence-corrected chi connectivity index (χ2v) is 7.60. The summed E-state index contributed by atoms with van der Waals surface area (Å²) in [5.41, 5.74) is 8.43. The van der Waals surface area contributed by atoms with Crippen LogP contribution < -0.4 is 14.8 Å². The quantitative estimate of drug-likeness (QED) is 0.839. The fourth-order valence-electron chi connectivity index (χ4n) is 3.48. The van der Waals surface area contributed by atoms with E-state index in [9.17, 15) is 9.18 Å². The van der Waals surface area contributed by atoms with E-state index in [-0.39, 0.29) is 24.3 Å². The van der Waals surface area contributed by atoms with E-state index in [1.807, 2.05) is 13.0 Å². The lowest BCUT2D eigenvalue weighted by Gasteiger charge is -2.22. The summed E-state index contributed by atoms with van der Waals surface area (Å²) in [4.78, 5) is 11.5. The molecule has 1 aliphatic carbocycles. The number of nitrogens with zero attached hydrogens (tertiary/aromatic N) is 1. The fraction of sp³-hybridized carbons (Fsp3) is 0.500. The van der Waals surface area contributed by atoms with Crippen molar-refractivity contribution in [2.45, 2.75) is 38.6 Å². The highest BCUT2D eigenvalue weighted by Crippen LogP contribution is 2.35. The highest BCUT2D eigenvalue weighted by molar-refractivity contribution is 8.14. The van der Waals surface area contributed by atoms with Gasteiger partial charge in [0.15, 0.2) is 0 Å². The average molecular weight is 323 g/mol. The molecule has 1 aromatic rings. The van der Waals surface area contributed by atoms with Crippen molar-refractivity contribution in [2.75, 3.05) is 10.8 Å². The molecular weight excluding hydrogens is 301 g/mol. The third-order valence-corrected chi connectivity index (χ3v) is 5.87. The van der Waals surface area contributed by atoms with Crippen LogP contribution in [0, 0.1) is 18.7 Å². The number of benzene rings is 1. The molecule has 1 heterocycles. The zero-order valence-corrected chi connectivity index (χ0v) is 13.6. The minimum Gasteiger partial charge on any atom is -0.327 e. The smallest absolute Gasteiger partial charge is 0.251 e. The van der Waals surface area contributed by atoms with Crippen LogP contribution in [-0.4, -0.2) is 24.4 Å². The standard InChI is InChI=1S/C16H22FN3OS/c1-10-6-11(7-12-4-3-5-14(12)18)8-13(17)16(10)20-9-15(21)19-22(20)2/h6,8,12,14H,2-5,7,9,18H2,1H3,(H,19,21). The van der Waals surface area contributed by atoms with Crippen molar-refractivity contribution in [3.63, 3.8) is 0 Å². The second-order valence-electron chi connectivity index (χ2n) is 6.23. The number of carbonyl (C=O) groups excluding carboxylic acids is 1. The van der Waals surface area contributed by atoms with Crippen LogP contribution in [0.2, 0.25) is 0 Å². The monoisotopic (exact) mass is 323 g/mol. The largest absolute Gasteiger partial charge is 0.327 e. The number of hydrogen-bond donors (Lipinski definition) is 2. The van der Waals surface area contributed by atoms with Gasteiger partial charge < -0.3 is 5.73 Å². The van der Waals surface area contributed by atoms with Gasteiger partial charge in [0, 0.05) is 6.04 Å². The van der Waals surface area contributed by atoms with Gasteiger partial charge in [-0.3, -0.25) is 13.8 Å². The first kappa shape index (κ1) is 15.5. The van der Waals surface area contributed by atoms with Crippen molar-refractivity contribution >= 4 is 28.3 Å². The van der Waals surface area contributed by atoms with Crippen LogP contribution in [0.3, 0.4) is 0 Å². The number of aryl methyl sites for hydroxylation is 1. The van der Waals surface area contributed by atoms with Crippen LogP contribution in [0.4, 0.5) is 10.1 Å². The summed E-state index contributed by atoms with van der Waals surface area (Å²) in [7, 11) is -0.705. The second kappa shape index (κ2) is 6.01. The fourth-order valence-corrected chi connectivity index (χ4v) is 4.64. The molecule has 4 nitrogen and oxygen atoms in total. The van der Waals surface area contributed by atoms with Gasteiger partial charge >= 0.3 is 0 Å².